The van der Waals surface area contributed by atoms with Gasteiger partial charge < -0.3 is 14.8 Å². The van der Waals surface area contributed by atoms with Crippen LogP contribution in [-0.2, 0) is 20.7 Å². The summed E-state index contributed by atoms with van der Waals surface area (Å²) in [6, 6.07) is 11.0. The fraction of sp³-hybridized carbons (Fsp3) is 0.176. The molecule has 1 N–H and O–H groups in total. The predicted octanol–water partition coefficient (Wildman–Crippen LogP) is 3.15. The number of amides is 1. The molecular weight excluding hydrogens is 339 g/mol. The van der Waals surface area contributed by atoms with Gasteiger partial charge in [0.1, 0.15) is 11.6 Å². The van der Waals surface area contributed by atoms with Crippen molar-refractivity contribution in [2.45, 2.75) is 13.0 Å². The molecule has 1 amide bonds. The third-order valence-electron chi connectivity index (χ3n) is 3.02. The van der Waals surface area contributed by atoms with E-state index in [-0.39, 0.29) is 17.7 Å². The summed E-state index contributed by atoms with van der Waals surface area (Å²) in [6.45, 7) is -3.49. The lowest BCUT2D eigenvalue weighted by molar-refractivity contribution is -0.146. The normalized spacial score (nSPS) is 10.4. The van der Waals surface area contributed by atoms with E-state index in [2.05, 4.69) is 10.1 Å². The van der Waals surface area contributed by atoms with Crippen molar-refractivity contribution in [1.82, 2.24) is 0 Å². The average Bonchev–Trinajstić information content (AvgIpc) is 2.56. The van der Waals surface area contributed by atoms with E-state index in [1.165, 1.54) is 42.5 Å². The number of esters is 1. The summed E-state index contributed by atoms with van der Waals surface area (Å²) < 4.78 is 46.4. The monoisotopic (exact) mass is 353 g/mol. The molecule has 2 rings (SSSR count). The van der Waals surface area contributed by atoms with Crippen LogP contribution in [0.3, 0.4) is 0 Å². The van der Waals surface area contributed by atoms with Crippen LogP contribution in [0.1, 0.15) is 5.56 Å². The lowest BCUT2D eigenvalue weighted by Crippen LogP contribution is -2.21. The van der Waals surface area contributed by atoms with E-state index in [0.29, 0.717) is 5.69 Å². The summed E-state index contributed by atoms with van der Waals surface area (Å²) in [7, 11) is 0. The van der Waals surface area contributed by atoms with Crippen molar-refractivity contribution >= 4 is 17.6 Å². The molecule has 0 unspecified atom stereocenters. The molecule has 132 valence electrons. The van der Waals surface area contributed by atoms with Gasteiger partial charge in [-0.3, -0.25) is 9.59 Å². The molecule has 0 radical (unpaired) electrons. The van der Waals surface area contributed by atoms with Gasteiger partial charge in [-0.15, -0.1) is 0 Å². The van der Waals surface area contributed by atoms with Crippen LogP contribution in [0.25, 0.3) is 0 Å². The second kappa shape index (κ2) is 8.72. The number of rotatable bonds is 7. The fourth-order valence-electron chi connectivity index (χ4n) is 1.91. The van der Waals surface area contributed by atoms with Crippen LogP contribution < -0.4 is 10.1 Å². The summed E-state index contributed by atoms with van der Waals surface area (Å²) in [4.78, 5) is 23.3. The summed E-state index contributed by atoms with van der Waals surface area (Å²) in [5.74, 6) is -1.95. The van der Waals surface area contributed by atoms with E-state index in [9.17, 15) is 22.8 Å². The predicted molar refractivity (Wildman–Crippen MR) is 82.8 cm³/mol. The Labute approximate surface area is 141 Å². The highest BCUT2D eigenvalue weighted by Gasteiger charge is 2.11. The van der Waals surface area contributed by atoms with E-state index in [1.54, 1.807) is 6.07 Å². The van der Waals surface area contributed by atoms with Crippen molar-refractivity contribution in [3.05, 3.63) is 59.9 Å². The second-order valence-corrected chi connectivity index (χ2v) is 4.88. The molecule has 2 aromatic rings. The standard InChI is InChI=1S/C17H14F3NO4/c18-14-4-2-1-3-11(14)9-16(23)24-10-15(22)21-12-5-7-13(8-6-12)25-17(19)20/h1-8,17H,9-10H2,(H,21,22). The van der Waals surface area contributed by atoms with Crippen molar-refractivity contribution in [2.24, 2.45) is 0 Å². The van der Waals surface area contributed by atoms with Crippen LogP contribution in [0, 0.1) is 5.82 Å². The largest absolute Gasteiger partial charge is 0.455 e. The highest BCUT2D eigenvalue weighted by molar-refractivity contribution is 5.92. The van der Waals surface area contributed by atoms with Crippen LogP contribution in [0.4, 0.5) is 18.9 Å². The molecule has 0 bridgehead atoms. The smallest absolute Gasteiger partial charge is 0.387 e. The maximum Gasteiger partial charge on any atom is 0.387 e. The van der Waals surface area contributed by atoms with Gasteiger partial charge in [0.25, 0.3) is 5.91 Å². The zero-order valence-corrected chi connectivity index (χ0v) is 12.9. The van der Waals surface area contributed by atoms with E-state index in [0.717, 1.165) is 0 Å². The molecule has 0 aliphatic carbocycles. The average molecular weight is 353 g/mol. The van der Waals surface area contributed by atoms with E-state index in [4.69, 9.17) is 4.74 Å². The van der Waals surface area contributed by atoms with Gasteiger partial charge in [0, 0.05) is 5.69 Å². The van der Waals surface area contributed by atoms with Gasteiger partial charge >= 0.3 is 12.6 Å². The number of hydrogen-bond donors (Lipinski definition) is 1. The van der Waals surface area contributed by atoms with Crippen LogP contribution in [0.2, 0.25) is 0 Å². The van der Waals surface area contributed by atoms with E-state index < -0.39 is 30.9 Å². The maximum absolute atomic E-state index is 13.4. The first-order chi connectivity index (χ1) is 11.9. The van der Waals surface area contributed by atoms with E-state index in [1.807, 2.05) is 0 Å². The molecule has 8 heteroatoms. The first-order valence-corrected chi connectivity index (χ1v) is 7.18. The number of ether oxygens (including phenoxy) is 2. The Balaban J connectivity index is 1.78. The SMILES string of the molecule is O=C(COC(=O)Cc1ccccc1F)Nc1ccc(OC(F)F)cc1. The summed E-state index contributed by atoms with van der Waals surface area (Å²) >= 11 is 0. The molecule has 2 aromatic carbocycles. The number of halogens is 3. The molecule has 0 fully saturated rings. The third kappa shape index (κ3) is 6.17. The minimum atomic E-state index is -2.94. The van der Waals surface area contributed by atoms with Gasteiger partial charge in [0.2, 0.25) is 0 Å². The minimum absolute atomic E-state index is 0.0516. The topological polar surface area (TPSA) is 64.6 Å². The lowest BCUT2D eigenvalue weighted by Gasteiger charge is -2.08. The first-order valence-electron chi connectivity index (χ1n) is 7.18. The molecule has 0 aromatic heterocycles. The van der Waals surface area contributed by atoms with Crippen LogP contribution in [0.5, 0.6) is 5.75 Å². The Bertz CT molecular complexity index is 735. The number of anilines is 1. The number of alkyl halides is 2. The number of carbonyl (C=O) groups excluding carboxylic acids is 2. The summed E-state index contributed by atoms with van der Waals surface area (Å²) in [6.07, 6.45) is -0.292. The van der Waals surface area contributed by atoms with Crippen LogP contribution in [-0.4, -0.2) is 25.1 Å². The Morgan fingerprint density at radius 3 is 2.36 bits per heavy atom. The van der Waals surface area contributed by atoms with Crippen LogP contribution >= 0.6 is 0 Å². The third-order valence-corrected chi connectivity index (χ3v) is 3.02. The molecule has 25 heavy (non-hydrogen) atoms. The first kappa shape index (κ1) is 18.3. The van der Waals surface area contributed by atoms with Gasteiger partial charge in [-0.25, -0.2) is 4.39 Å². The van der Waals surface area contributed by atoms with Gasteiger partial charge in [0.05, 0.1) is 6.42 Å². The maximum atomic E-state index is 13.4. The molecule has 0 aliphatic heterocycles. The fourth-order valence-corrected chi connectivity index (χ4v) is 1.91. The number of hydrogen-bond acceptors (Lipinski definition) is 4. The Morgan fingerprint density at radius 1 is 1.04 bits per heavy atom. The quantitative estimate of drug-likeness (QED) is 0.777. The van der Waals surface area contributed by atoms with E-state index >= 15 is 0 Å². The number of nitrogens with one attached hydrogen (secondary N) is 1. The molecule has 5 nitrogen and oxygen atoms in total. The molecule has 0 spiro atoms. The van der Waals surface area contributed by atoms with Crippen molar-refractivity contribution < 1.29 is 32.2 Å². The molecule has 0 saturated heterocycles. The molecule has 0 saturated carbocycles. The highest BCUT2D eigenvalue weighted by Crippen LogP contribution is 2.17. The molecule has 0 heterocycles. The van der Waals surface area contributed by atoms with Gasteiger partial charge in [-0.1, -0.05) is 18.2 Å². The summed E-state index contributed by atoms with van der Waals surface area (Å²) in [5.41, 5.74) is 0.485. The Hall–Kier alpha value is -3.03. The molecular formula is C17H14F3NO4. The van der Waals surface area contributed by atoms with Crippen LogP contribution in [0.15, 0.2) is 48.5 Å². The Morgan fingerprint density at radius 2 is 1.72 bits per heavy atom. The van der Waals surface area contributed by atoms with Gasteiger partial charge in [-0.2, -0.15) is 8.78 Å². The van der Waals surface area contributed by atoms with Gasteiger partial charge in [0.15, 0.2) is 6.61 Å². The van der Waals surface area contributed by atoms with Crippen molar-refractivity contribution in [1.29, 1.82) is 0 Å². The van der Waals surface area contributed by atoms with Crippen molar-refractivity contribution in [2.75, 3.05) is 11.9 Å². The van der Waals surface area contributed by atoms with Gasteiger partial charge in [-0.05, 0) is 35.9 Å². The lowest BCUT2D eigenvalue weighted by atomic mass is 10.1. The minimum Gasteiger partial charge on any atom is -0.455 e. The summed E-state index contributed by atoms with van der Waals surface area (Å²) in [5, 5.41) is 2.42. The molecule has 0 atom stereocenters. The zero-order chi connectivity index (χ0) is 18.2. The van der Waals surface area contributed by atoms with Crippen molar-refractivity contribution in [3.8, 4) is 5.75 Å². The highest BCUT2D eigenvalue weighted by atomic mass is 19.3. The number of benzene rings is 2. The number of carbonyl (C=O) groups is 2. The molecule has 0 aliphatic rings. The second-order valence-electron chi connectivity index (χ2n) is 4.88. The Kier molecular flexibility index (Phi) is 6.39. The van der Waals surface area contributed by atoms with Crippen molar-refractivity contribution in [3.63, 3.8) is 0 Å². The zero-order valence-electron chi connectivity index (χ0n) is 12.9.